The number of para-hydroxylation sites is 1. The first-order valence-corrected chi connectivity index (χ1v) is 7.12. The Labute approximate surface area is 121 Å². The van der Waals surface area contributed by atoms with Crippen molar-refractivity contribution in [1.29, 1.82) is 0 Å². The number of nitrogens with one attached hydrogen (secondary N) is 1. The van der Waals surface area contributed by atoms with Gasteiger partial charge in [0.1, 0.15) is 0 Å². The third-order valence-corrected chi connectivity index (χ3v) is 3.67. The molecule has 0 aliphatic carbocycles. The molecule has 0 fully saturated rings. The SMILES string of the molecule is Cc1ccc(C)c(C(O)CCNc2ccccc2C)c1. The van der Waals surface area contributed by atoms with Crippen LogP contribution in [0, 0.1) is 20.8 Å². The van der Waals surface area contributed by atoms with E-state index in [1.54, 1.807) is 0 Å². The fraction of sp³-hybridized carbons (Fsp3) is 0.333. The van der Waals surface area contributed by atoms with Crippen molar-refractivity contribution in [2.75, 3.05) is 11.9 Å². The van der Waals surface area contributed by atoms with E-state index in [9.17, 15) is 5.11 Å². The van der Waals surface area contributed by atoms with Gasteiger partial charge in [0.05, 0.1) is 6.10 Å². The highest BCUT2D eigenvalue weighted by Gasteiger charge is 2.10. The number of rotatable bonds is 5. The van der Waals surface area contributed by atoms with Crippen molar-refractivity contribution in [2.45, 2.75) is 33.3 Å². The lowest BCUT2D eigenvalue weighted by atomic mass is 9.99. The molecule has 2 N–H and O–H groups in total. The van der Waals surface area contributed by atoms with Crippen LogP contribution in [-0.2, 0) is 0 Å². The van der Waals surface area contributed by atoms with Crippen LogP contribution in [0.15, 0.2) is 42.5 Å². The third kappa shape index (κ3) is 3.61. The molecule has 0 spiro atoms. The van der Waals surface area contributed by atoms with E-state index in [1.165, 1.54) is 11.1 Å². The summed E-state index contributed by atoms with van der Waals surface area (Å²) in [5, 5.41) is 13.7. The molecular formula is C18H23NO. The monoisotopic (exact) mass is 269 g/mol. The minimum atomic E-state index is -0.411. The molecule has 2 rings (SSSR count). The lowest BCUT2D eigenvalue weighted by Gasteiger charge is -2.16. The second-order valence-corrected chi connectivity index (χ2v) is 5.41. The molecule has 0 saturated carbocycles. The van der Waals surface area contributed by atoms with Gasteiger partial charge in [0.2, 0.25) is 0 Å². The molecule has 0 aliphatic rings. The molecule has 0 bridgehead atoms. The standard InChI is InChI=1S/C18H23NO/c1-13-8-9-14(2)16(12-13)18(20)10-11-19-17-7-5-4-6-15(17)3/h4-9,12,18-20H,10-11H2,1-3H3. The van der Waals surface area contributed by atoms with E-state index in [-0.39, 0.29) is 0 Å². The van der Waals surface area contributed by atoms with E-state index in [2.05, 4.69) is 49.5 Å². The van der Waals surface area contributed by atoms with E-state index in [0.717, 1.165) is 23.4 Å². The van der Waals surface area contributed by atoms with Gasteiger partial charge in [0.15, 0.2) is 0 Å². The Bertz CT molecular complexity index is 577. The summed E-state index contributed by atoms with van der Waals surface area (Å²) < 4.78 is 0. The van der Waals surface area contributed by atoms with Gasteiger partial charge in [-0.05, 0) is 49.9 Å². The van der Waals surface area contributed by atoms with Gasteiger partial charge < -0.3 is 10.4 Å². The molecule has 20 heavy (non-hydrogen) atoms. The highest BCUT2D eigenvalue weighted by atomic mass is 16.3. The first-order valence-electron chi connectivity index (χ1n) is 7.12. The molecule has 1 atom stereocenters. The van der Waals surface area contributed by atoms with Crippen molar-refractivity contribution in [3.8, 4) is 0 Å². The predicted molar refractivity (Wildman–Crippen MR) is 85.2 cm³/mol. The summed E-state index contributed by atoms with van der Waals surface area (Å²) in [4.78, 5) is 0. The zero-order chi connectivity index (χ0) is 14.5. The summed E-state index contributed by atoms with van der Waals surface area (Å²) in [6, 6.07) is 14.4. The van der Waals surface area contributed by atoms with Crippen molar-refractivity contribution >= 4 is 5.69 Å². The Hall–Kier alpha value is -1.80. The van der Waals surface area contributed by atoms with Crippen molar-refractivity contribution in [3.05, 3.63) is 64.7 Å². The second-order valence-electron chi connectivity index (χ2n) is 5.41. The van der Waals surface area contributed by atoms with Gasteiger partial charge in [-0.15, -0.1) is 0 Å². The van der Waals surface area contributed by atoms with E-state index >= 15 is 0 Å². The van der Waals surface area contributed by atoms with Crippen molar-refractivity contribution in [1.82, 2.24) is 0 Å². The molecule has 0 radical (unpaired) electrons. The Morgan fingerprint density at radius 1 is 1.00 bits per heavy atom. The molecule has 2 aromatic rings. The third-order valence-electron chi connectivity index (χ3n) is 3.67. The number of aryl methyl sites for hydroxylation is 3. The van der Waals surface area contributed by atoms with Crippen LogP contribution >= 0.6 is 0 Å². The molecule has 0 heterocycles. The maximum absolute atomic E-state index is 10.3. The molecule has 2 nitrogen and oxygen atoms in total. The van der Waals surface area contributed by atoms with Gasteiger partial charge in [0.25, 0.3) is 0 Å². The molecule has 2 heteroatoms. The zero-order valence-corrected chi connectivity index (χ0v) is 12.5. The van der Waals surface area contributed by atoms with E-state index in [0.29, 0.717) is 6.42 Å². The van der Waals surface area contributed by atoms with Gasteiger partial charge in [-0.3, -0.25) is 0 Å². The normalized spacial score (nSPS) is 12.2. The molecule has 1 unspecified atom stereocenters. The average Bonchev–Trinajstić information content (AvgIpc) is 2.43. The van der Waals surface area contributed by atoms with Crippen molar-refractivity contribution in [3.63, 3.8) is 0 Å². The van der Waals surface area contributed by atoms with E-state index < -0.39 is 6.10 Å². The Balaban J connectivity index is 1.94. The zero-order valence-electron chi connectivity index (χ0n) is 12.5. The van der Waals surface area contributed by atoms with E-state index in [4.69, 9.17) is 0 Å². The first kappa shape index (κ1) is 14.6. The highest BCUT2D eigenvalue weighted by Crippen LogP contribution is 2.22. The molecule has 0 aliphatic heterocycles. The summed E-state index contributed by atoms with van der Waals surface area (Å²) in [6.07, 6.45) is 0.296. The largest absolute Gasteiger partial charge is 0.388 e. The van der Waals surface area contributed by atoms with Gasteiger partial charge in [-0.1, -0.05) is 42.0 Å². The number of aliphatic hydroxyl groups is 1. The van der Waals surface area contributed by atoms with Gasteiger partial charge >= 0.3 is 0 Å². The summed E-state index contributed by atoms with van der Waals surface area (Å²) in [5.41, 5.74) is 5.75. The maximum Gasteiger partial charge on any atom is 0.0809 e. The van der Waals surface area contributed by atoms with Gasteiger partial charge in [-0.25, -0.2) is 0 Å². The van der Waals surface area contributed by atoms with Crippen LogP contribution in [0.25, 0.3) is 0 Å². The smallest absolute Gasteiger partial charge is 0.0809 e. The average molecular weight is 269 g/mol. The minimum Gasteiger partial charge on any atom is -0.388 e. The number of anilines is 1. The van der Waals surface area contributed by atoms with Crippen LogP contribution in [0.3, 0.4) is 0 Å². The van der Waals surface area contributed by atoms with E-state index in [1.807, 2.05) is 19.1 Å². The summed E-state index contributed by atoms with van der Waals surface area (Å²) in [6.45, 7) is 6.96. The topological polar surface area (TPSA) is 32.3 Å². The highest BCUT2D eigenvalue weighted by molar-refractivity contribution is 5.50. The fourth-order valence-corrected chi connectivity index (χ4v) is 2.39. The number of benzene rings is 2. The Morgan fingerprint density at radius 2 is 1.75 bits per heavy atom. The second kappa shape index (κ2) is 6.58. The molecule has 0 saturated heterocycles. The molecule has 106 valence electrons. The quantitative estimate of drug-likeness (QED) is 0.854. The molecular weight excluding hydrogens is 246 g/mol. The summed E-state index contributed by atoms with van der Waals surface area (Å²) in [5.74, 6) is 0. The van der Waals surface area contributed by atoms with Gasteiger partial charge in [-0.2, -0.15) is 0 Å². The number of aliphatic hydroxyl groups excluding tert-OH is 1. The van der Waals surface area contributed by atoms with Crippen LogP contribution < -0.4 is 5.32 Å². The molecule has 2 aromatic carbocycles. The fourth-order valence-electron chi connectivity index (χ4n) is 2.39. The first-order chi connectivity index (χ1) is 9.58. The van der Waals surface area contributed by atoms with Crippen LogP contribution in [-0.4, -0.2) is 11.7 Å². The molecule has 0 aromatic heterocycles. The minimum absolute atomic E-state index is 0.411. The van der Waals surface area contributed by atoms with Gasteiger partial charge in [0, 0.05) is 12.2 Å². The van der Waals surface area contributed by atoms with Crippen molar-refractivity contribution in [2.24, 2.45) is 0 Å². The number of hydrogen-bond acceptors (Lipinski definition) is 2. The van der Waals surface area contributed by atoms with Crippen LogP contribution in [0.1, 0.15) is 34.8 Å². The summed E-state index contributed by atoms with van der Waals surface area (Å²) in [7, 11) is 0. The lowest BCUT2D eigenvalue weighted by Crippen LogP contribution is -2.09. The predicted octanol–water partition coefficient (Wildman–Crippen LogP) is 4.15. The van der Waals surface area contributed by atoms with Crippen LogP contribution in [0.2, 0.25) is 0 Å². The lowest BCUT2D eigenvalue weighted by molar-refractivity contribution is 0.171. The summed E-state index contributed by atoms with van der Waals surface area (Å²) >= 11 is 0. The van der Waals surface area contributed by atoms with Crippen LogP contribution in [0.5, 0.6) is 0 Å². The number of hydrogen-bond donors (Lipinski definition) is 2. The van der Waals surface area contributed by atoms with Crippen molar-refractivity contribution < 1.29 is 5.11 Å². The van der Waals surface area contributed by atoms with Crippen LogP contribution in [0.4, 0.5) is 5.69 Å². The maximum atomic E-state index is 10.3. The Kier molecular flexibility index (Phi) is 4.80. The Morgan fingerprint density at radius 3 is 2.50 bits per heavy atom. The molecule has 0 amide bonds.